The molecule has 1 aromatic heterocycles. The molecule has 0 saturated heterocycles. The van der Waals surface area contributed by atoms with E-state index in [0.29, 0.717) is 13.2 Å². The van der Waals surface area contributed by atoms with E-state index in [2.05, 4.69) is 15.2 Å². The number of methoxy groups -OCH3 is 1. The van der Waals surface area contributed by atoms with Crippen molar-refractivity contribution in [2.75, 3.05) is 27.3 Å². The first-order chi connectivity index (χ1) is 12.2. The van der Waals surface area contributed by atoms with Crippen LogP contribution in [0.15, 0.2) is 60.8 Å². The highest BCUT2D eigenvalue weighted by Gasteiger charge is 2.06. The van der Waals surface area contributed by atoms with Crippen molar-refractivity contribution in [2.24, 2.45) is 0 Å². The molecule has 0 atom stereocenters. The van der Waals surface area contributed by atoms with E-state index in [1.807, 2.05) is 67.8 Å². The molecule has 0 spiro atoms. The third kappa shape index (κ3) is 4.81. The highest BCUT2D eigenvalue weighted by atomic mass is 16.5. The lowest BCUT2D eigenvalue weighted by atomic mass is 10.3. The van der Waals surface area contributed by atoms with E-state index < -0.39 is 0 Å². The Morgan fingerprint density at radius 1 is 1.04 bits per heavy atom. The number of rotatable bonds is 8. The van der Waals surface area contributed by atoms with Gasteiger partial charge in [0, 0.05) is 19.2 Å². The Morgan fingerprint density at radius 3 is 2.64 bits per heavy atom. The monoisotopic (exact) mass is 338 g/mol. The summed E-state index contributed by atoms with van der Waals surface area (Å²) in [4.78, 5) is 2.15. The first-order valence-corrected chi connectivity index (χ1v) is 8.16. The molecule has 130 valence electrons. The molecule has 2 aromatic carbocycles. The van der Waals surface area contributed by atoms with E-state index in [-0.39, 0.29) is 0 Å². The van der Waals surface area contributed by atoms with E-state index in [4.69, 9.17) is 9.47 Å². The largest absolute Gasteiger partial charge is 0.497 e. The first kappa shape index (κ1) is 17.0. The summed E-state index contributed by atoms with van der Waals surface area (Å²) in [5.41, 5.74) is 1.93. The lowest BCUT2D eigenvalue weighted by molar-refractivity contribution is 0.231. The fourth-order valence-electron chi connectivity index (χ4n) is 2.44. The molecular weight excluding hydrogens is 316 g/mol. The molecule has 0 fully saturated rings. The van der Waals surface area contributed by atoms with E-state index in [1.54, 1.807) is 11.8 Å². The maximum Gasteiger partial charge on any atom is 0.123 e. The van der Waals surface area contributed by atoms with Gasteiger partial charge in [-0.25, -0.2) is 4.68 Å². The van der Waals surface area contributed by atoms with Crippen molar-refractivity contribution >= 4 is 0 Å². The maximum absolute atomic E-state index is 5.77. The fraction of sp³-hybridized carbons (Fsp3) is 0.263. The number of para-hydroxylation sites is 1. The summed E-state index contributed by atoms with van der Waals surface area (Å²) < 4.78 is 12.7. The Balaban J connectivity index is 1.48. The molecule has 0 radical (unpaired) electrons. The molecule has 0 aliphatic carbocycles. The Hall–Kier alpha value is -2.86. The first-order valence-electron chi connectivity index (χ1n) is 8.16. The summed E-state index contributed by atoms with van der Waals surface area (Å²) in [6.07, 6.45) is 1.95. The average Bonchev–Trinajstić information content (AvgIpc) is 3.11. The molecule has 0 aliphatic heterocycles. The van der Waals surface area contributed by atoms with Crippen LogP contribution in [0.25, 0.3) is 5.69 Å². The molecule has 25 heavy (non-hydrogen) atoms. The van der Waals surface area contributed by atoms with Crippen LogP contribution in [-0.2, 0) is 6.54 Å². The Bertz CT molecular complexity index is 789. The van der Waals surface area contributed by atoms with Gasteiger partial charge in [-0.1, -0.05) is 29.5 Å². The molecule has 3 rings (SSSR count). The molecule has 6 nitrogen and oxygen atoms in total. The van der Waals surface area contributed by atoms with E-state index in [9.17, 15) is 0 Å². The van der Waals surface area contributed by atoms with Crippen molar-refractivity contribution in [1.82, 2.24) is 19.9 Å². The van der Waals surface area contributed by atoms with Gasteiger partial charge in [0.25, 0.3) is 0 Å². The molecule has 0 bridgehead atoms. The van der Waals surface area contributed by atoms with Gasteiger partial charge >= 0.3 is 0 Å². The van der Waals surface area contributed by atoms with Gasteiger partial charge in [-0.15, -0.1) is 5.10 Å². The van der Waals surface area contributed by atoms with Crippen LogP contribution in [-0.4, -0.2) is 47.2 Å². The van der Waals surface area contributed by atoms with Crippen LogP contribution in [0.2, 0.25) is 0 Å². The average molecular weight is 338 g/mol. The van der Waals surface area contributed by atoms with Crippen LogP contribution >= 0.6 is 0 Å². The van der Waals surface area contributed by atoms with Gasteiger partial charge in [-0.3, -0.25) is 4.90 Å². The van der Waals surface area contributed by atoms with Crippen molar-refractivity contribution < 1.29 is 9.47 Å². The van der Waals surface area contributed by atoms with Crippen molar-refractivity contribution in [3.8, 4) is 17.2 Å². The zero-order valence-corrected chi connectivity index (χ0v) is 14.5. The minimum atomic E-state index is 0.594. The number of likely N-dealkylation sites (N-methyl/N-ethyl adjacent to an activating group) is 1. The second-order valence-corrected chi connectivity index (χ2v) is 5.76. The van der Waals surface area contributed by atoms with Crippen molar-refractivity contribution in [1.29, 1.82) is 0 Å². The van der Waals surface area contributed by atoms with Gasteiger partial charge in [-0.2, -0.15) is 0 Å². The zero-order valence-electron chi connectivity index (χ0n) is 14.5. The summed E-state index contributed by atoms with van der Waals surface area (Å²) in [5, 5.41) is 8.42. The minimum Gasteiger partial charge on any atom is -0.497 e. The Kier molecular flexibility index (Phi) is 5.64. The molecule has 0 N–H and O–H groups in total. The maximum atomic E-state index is 5.77. The number of benzene rings is 2. The van der Waals surface area contributed by atoms with Crippen molar-refractivity contribution in [2.45, 2.75) is 6.54 Å². The van der Waals surface area contributed by atoms with Crippen LogP contribution in [0, 0.1) is 0 Å². The van der Waals surface area contributed by atoms with Gasteiger partial charge < -0.3 is 9.47 Å². The van der Waals surface area contributed by atoms with Crippen molar-refractivity contribution in [3.05, 3.63) is 66.5 Å². The van der Waals surface area contributed by atoms with Gasteiger partial charge in [-0.05, 0) is 31.3 Å². The van der Waals surface area contributed by atoms with E-state index in [1.165, 1.54) is 0 Å². The topological polar surface area (TPSA) is 52.4 Å². The quantitative estimate of drug-likeness (QED) is 0.632. The van der Waals surface area contributed by atoms with Crippen LogP contribution in [0.1, 0.15) is 5.69 Å². The molecule has 6 heteroatoms. The lowest BCUT2D eigenvalue weighted by Crippen LogP contribution is -2.24. The van der Waals surface area contributed by atoms with Gasteiger partial charge in [0.15, 0.2) is 0 Å². The predicted molar refractivity (Wildman–Crippen MR) is 96.2 cm³/mol. The zero-order chi connectivity index (χ0) is 17.5. The van der Waals surface area contributed by atoms with Crippen LogP contribution < -0.4 is 9.47 Å². The summed E-state index contributed by atoms with van der Waals surface area (Å²) in [5.74, 6) is 1.60. The highest BCUT2D eigenvalue weighted by Crippen LogP contribution is 2.18. The number of aromatic nitrogens is 3. The SMILES string of the molecule is COc1cccc(OCCN(C)Cc2cn(-c3ccccc3)nn2)c1. The molecule has 0 amide bonds. The Labute approximate surface area is 147 Å². The van der Waals surface area contributed by atoms with Crippen molar-refractivity contribution in [3.63, 3.8) is 0 Å². The third-order valence-electron chi connectivity index (χ3n) is 3.78. The fourth-order valence-corrected chi connectivity index (χ4v) is 2.44. The normalized spacial score (nSPS) is 10.8. The van der Waals surface area contributed by atoms with E-state index >= 15 is 0 Å². The van der Waals surface area contributed by atoms with Gasteiger partial charge in [0.05, 0.1) is 24.7 Å². The van der Waals surface area contributed by atoms with Gasteiger partial charge in [0.2, 0.25) is 0 Å². The number of nitrogens with zero attached hydrogens (tertiary/aromatic N) is 4. The third-order valence-corrected chi connectivity index (χ3v) is 3.78. The summed E-state index contributed by atoms with van der Waals surface area (Å²) in [7, 11) is 3.69. The molecule has 1 heterocycles. The molecular formula is C19H22N4O2. The number of hydrogen-bond acceptors (Lipinski definition) is 5. The van der Waals surface area contributed by atoms with Gasteiger partial charge in [0.1, 0.15) is 18.1 Å². The Morgan fingerprint density at radius 2 is 1.84 bits per heavy atom. The van der Waals surface area contributed by atoms with Crippen LogP contribution in [0.4, 0.5) is 0 Å². The molecule has 3 aromatic rings. The summed E-state index contributed by atoms with van der Waals surface area (Å²) in [6, 6.07) is 17.6. The second-order valence-electron chi connectivity index (χ2n) is 5.76. The van der Waals surface area contributed by atoms with Crippen LogP contribution in [0.5, 0.6) is 11.5 Å². The summed E-state index contributed by atoms with van der Waals surface area (Å²) >= 11 is 0. The molecule has 0 saturated carbocycles. The predicted octanol–water partition coefficient (Wildman–Crippen LogP) is 2.79. The second kappa shape index (κ2) is 8.30. The lowest BCUT2D eigenvalue weighted by Gasteiger charge is -2.15. The molecule has 0 aliphatic rings. The highest BCUT2D eigenvalue weighted by molar-refractivity contribution is 5.32. The smallest absolute Gasteiger partial charge is 0.123 e. The molecule has 0 unspecified atom stereocenters. The van der Waals surface area contributed by atoms with E-state index in [0.717, 1.165) is 29.4 Å². The number of hydrogen-bond donors (Lipinski definition) is 0. The number of ether oxygens (including phenoxy) is 2. The standard InChI is InChI=1S/C19H22N4O2/c1-22(11-12-25-19-10-6-9-18(13-19)24-2)14-16-15-23(21-20-16)17-7-4-3-5-8-17/h3-10,13,15H,11-12,14H2,1-2H3. The minimum absolute atomic E-state index is 0.594. The van der Waals surface area contributed by atoms with Crippen LogP contribution in [0.3, 0.4) is 0 Å². The summed E-state index contributed by atoms with van der Waals surface area (Å²) in [6.45, 7) is 2.10.